The molecule has 0 heterocycles. The average molecular weight is 631 g/mol. The molecule has 0 aromatic rings. The van der Waals surface area contributed by atoms with E-state index in [0.717, 1.165) is 18.8 Å². The standard InChI is InChI=1S/C41H74O4/c1-13-31(42)45-37-39(10)22-24(3)32(23(2)18-19-28-16-14-15-17-28)36(44)41(39,12)27(6)34-35(43)33-25(4)30(38(7,8)9)21-20-29(33)26(5)40(34,37)11/h23-37,42-44H,13-22H2,1-12H3. The normalized spacial score (nSPS) is 52.1. The topological polar surface area (TPSA) is 69.9 Å². The Bertz CT molecular complexity index is 1020. The van der Waals surface area contributed by atoms with Gasteiger partial charge in [0.1, 0.15) is 0 Å². The van der Waals surface area contributed by atoms with Crippen LogP contribution in [-0.4, -0.2) is 39.9 Å². The molecule has 0 spiro atoms. The van der Waals surface area contributed by atoms with E-state index >= 15 is 0 Å². The van der Waals surface area contributed by atoms with Gasteiger partial charge in [-0.25, -0.2) is 0 Å². The number of hydrogen-bond donors (Lipinski definition) is 3. The van der Waals surface area contributed by atoms with Crippen molar-refractivity contribution in [1.29, 1.82) is 0 Å². The van der Waals surface area contributed by atoms with Crippen molar-refractivity contribution in [1.82, 2.24) is 0 Å². The van der Waals surface area contributed by atoms with E-state index in [2.05, 4.69) is 76.2 Å². The lowest BCUT2D eigenvalue weighted by Gasteiger charge is -2.75. The molecule has 5 rings (SSSR count). The highest BCUT2D eigenvalue weighted by Gasteiger charge is 2.76. The summed E-state index contributed by atoms with van der Waals surface area (Å²) in [5.74, 6) is 4.13. The Morgan fingerprint density at radius 2 is 1.53 bits per heavy atom. The smallest absolute Gasteiger partial charge is 0.154 e. The molecule has 0 bridgehead atoms. The Kier molecular flexibility index (Phi) is 10.1. The quantitative estimate of drug-likeness (QED) is 0.245. The Hall–Kier alpha value is -0.160. The van der Waals surface area contributed by atoms with E-state index in [1.54, 1.807) is 0 Å². The van der Waals surface area contributed by atoms with Crippen LogP contribution in [0.2, 0.25) is 0 Å². The predicted octanol–water partition coefficient (Wildman–Crippen LogP) is 9.34. The lowest BCUT2D eigenvalue weighted by atomic mass is 9.31. The number of ether oxygens (including phenoxy) is 1. The molecular formula is C41H74O4. The van der Waals surface area contributed by atoms with Gasteiger partial charge in [0.2, 0.25) is 0 Å². The van der Waals surface area contributed by atoms with Crippen LogP contribution in [0.3, 0.4) is 0 Å². The molecule has 4 heteroatoms. The second-order valence-corrected chi connectivity index (χ2v) is 19.6. The lowest BCUT2D eigenvalue weighted by molar-refractivity contribution is -0.357. The Morgan fingerprint density at radius 3 is 2.11 bits per heavy atom. The predicted molar refractivity (Wildman–Crippen MR) is 185 cm³/mol. The summed E-state index contributed by atoms with van der Waals surface area (Å²) < 4.78 is 6.94. The second kappa shape index (κ2) is 12.6. The number of aliphatic hydroxyl groups excluding tert-OH is 3. The molecule has 0 radical (unpaired) electrons. The Balaban J connectivity index is 1.57. The van der Waals surface area contributed by atoms with Crippen LogP contribution in [0.4, 0.5) is 0 Å². The molecule has 0 aromatic carbocycles. The molecule has 262 valence electrons. The largest absolute Gasteiger partial charge is 0.392 e. The Labute approximate surface area is 278 Å². The zero-order chi connectivity index (χ0) is 33.4. The van der Waals surface area contributed by atoms with Crippen LogP contribution in [-0.2, 0) is 4.74 Å². The molecule has 0 amide bonds. The molecule has 5 saturated carbocycles. The van der Waals surface area contributed by atoms with Crippen molar-refractivity contribution in [2.75, 3.05) is 0 Å². The highest BCUT2D eigenvalue weighted by atomic mass is 16.6. The lowest BCUT2D eigenvalue weighted by Crippen LogP contribution is -2.77. The summed E-state index contributed by atoms with van der Waals surface area (Å²) in [4.78, 5) is 0. The fourth-order valence-electron chi connectivity index (χ4n) is 14.2. The van der Waals surface area contributed by atoms with Gasteiger partial charge < -0.3 is 20.1 Å². The Morgan fingerprint density at radius 1 is 0.911 bits per heavy atom. The molecular weight excluding hydrogens is 556 g/mol. The summed E-state index contributed by atoms with van der Waals surface area (Å²) in [6, 6.07) is 0. The van der Waals surface area contributed by atoms with Gasteiger partial charge in [-0.05, 0) is 96.2 Å². The zero-order valence-electron chi connectivity index (χ0n) is 31.5. The molecule has 0 aromatic heterocycles. The summed E-state index contributed by atoms with van der Waals surface area (Å²) in [5, 5.41) is 36.9. The summed E-state index contributed by atoms with van der Waals surface area (Å²) in [6.45, 7) is 28.4. The molecule has 4 nitrogen and oxygen atoms in total. The number of aliphatic hydroxyl groups is 3. The molecule has 3 N–H and O–H groups in total. The van der Waals surface area contributed by atoms with Gasteiger partial charge in [0.25, 0.3) is 0 Å². The van der Waals surface area contributed by atoms with Crippen molar-refractivity contribution in [3.05, 3.63) is 0 Å². The molecule has 0 aliphatic heterocycles. The molecule has 5 aliphatic rings. The first-order valence-electron chi connectivity index (χ1n) is 19.6. The van der Waals surface area contributed by atoms with E-state index in [4.69, 9.17) is 4.74 Å². The number of fused-ring (bicyclic) bond motifs is 3. The van der Waals surface area contributed by atoms with Crippen LogP contribution < -0.4 is 0 Å². The molecule has 5 fully saturated rings. The van der Waals surface area contributed by atoms with Gasteiger partial charge in [0.15, 0.2) is 6.29 Å². The van der Waals surface area contributed by atoms with E-state index < -0.39 is 23.9 Å². The van der Waals surface area contributed by atoms with Crippen molar-refractivity contribution in [3.8, 4) is 0 Å². The summed E-state index contributed by atoms with van der Waals surface area (Å²) in [5.41, 5.74) is -0.864. The molecule has 17 unspecified atom stereocenters. The number of rotatable bonds is 7. The van der Waals surface area contributed by atoms with Gasteiger partial charge in [0, 0.05) is 16.2 Å². The van der Waals surface area contributed by atoms with Gasteiger partial charge in [-0.2, -0.15) is 0 Å². The second-order valence-electron chi connectivity index (χ2n) is 19.6. The third-order valence-corrected chi connectivity index (χ3v) is 16.8. The van der Waals surface area contributed by atoms with Crippen LogP contribution in [0, 0.1) is 86.8 Å². The van der Waals surface area contributed by atoms with Crippen LogP contribution in [0.1, 0.15) is 147 Å². The minimum atomic E-state index is -0.838. The maximum absolute atomic E-state index is 12.9. The third-order valence-electron chi connectivity index (χ3n) is 16.8. The van der Waals surface area contributed by atoms with Crippen LogP contribution >= 0.6 is 0 Å². The van der Waals surface area contributed by atoms with E-state index in [1.807, 2.05) is 6.92 Å². The third kappa shape index (κ3) is 5.43. The van der Waals surface area contributed by atoms with Gasteiger partial charge >= 0.3 is 0 Å². The first-order valence-corrected chi connectivity index (χ1v) is 19.6. The minimum Gasteiger partial charge on any atom is -0.392 e. The van der Waals surface area contributed by atoms with Crippen LogP contribution in [0.25, 0.3) is 0 Å². The van der Waals surface area contributed by atoms with Crippen LogP contribution in [0.15, 0.2) is 0 Å². The van der Waals surface area contributed by atoms with E-state index in [-0.39, 0.29) is 46.0 Å². The number of hydrogen-bond acceptors (Lipinski definition) is 4. The van der Waals surface area contributed by atoms with Gasteiger partial charge in [0.05, 0.1) is 18.3 Å². The highest BCUT2D eigenvalue weighted by Crippen LogP contribution is 2.75. The maximum Gasteiger partial charge on any atom is 0.154 e. The fourth-order valence-corrected chi connectivity index (χ4v) is 14.2. The van der Waals surface area contributed by atoms with Crippen LogP contribution in [0.5, 0.6) is 0 Å². The van der Waals surface area contributed by atoms with E-state index in [9.17, 15) is 15.3 Å². The van der Waals surface area contributed by atoms with Crippen molar-refractivity contribution in [2.24, 2.45) is 86.8 Å². The summed E-state index contributed by atoms with van der Waals surface area (Å²) >= 11 is 0. The molecule has 45 heavy (non-hydrogen) atoms. The van der Waals surface area contributed by atoms with Gasteiger partial charge in [-0.15, -0.1) is 0 Å². The zero-order valence-corrected chi connectivity index (χ0v) is 31.5. The molecule has 0 saturated heterocycles. The maximum atomic E-state index is 12.9. The van der Waals surface area contributed by atoms with Crippen molar-refractivity contribution in [3.63, 3.8) is 0 Å². The van der Waals surface area contributed by atoms with Gasteiger partial charge in [-0.1, -0.05) is 122 Å². The summed E-state index contributed by atoms with van der Waals surface area (Å²) in [6.07, 6.45) is 9.95. The molecule has 5 aliphatic carbocycles. The monoisotopic (exact) mass is 631 g/mol. The SMILES string of the molecule is CCC(O)OC1C2(C)C(C)C3CCC(C(C)(C)C)C(C)C3C(O)C2C(C)C2(C)C(O)C(C(C)CCC3CCCC3)C(C)CC12C. The van der Waals surface area contributed by atoms with E-state index in [1.165, 1.54) is 44.9 Å². The highest BCUT2D eigenvalue weighted by molar-refractivity contribution is 5.23. The van der Waals surface area contributed by atoms with Crippen molar-refractivity contribution < 1.29 is 20.1 Å². The average Bonchev–Trinajstić information content (AvgIpc) is 3.48. The summed E-state index contributed by atoms with van der Waals surface area (Å²) in [7, 11) is 0. The van der Waals surface area contributed by atoms with Crippen molar-refractivity contribution in [2.45, 2.75) is 172 Å². The fraction of sp³-hybridized carbons (Fsp3) is 1.00. The first-order chi connectivity index (χ1) is 20.9. The van der Waals surface area contributed by atoms with Gasteiger partial charge in [-0.3, -0.25) is 0 Å². The van der Waals surface area contributed by atoms with E-state index in [0.29, 0.717) is 41.9 Å². The van der Waals surface area contributed by atoms with Crippen molar-refractivity contribution >= 4 is 0 Å². The minimum absolute atomic E-state index is 0.000416. The molecule has 17 atom stereocenters. The first kappa shape index (κ1) is 36.1.